The normalized spacial score (nSPS) is 13.7. The van der Waals surface area contributed by atoms with E-state index in [0.717, 1.165) is 19.6 Å². The van der Waals surface area contributed by atoms with E-state index in [9.17, 15) is 0 Å². The number of nitrogens with one attached hydrogen (secondary N) is 1. The van der Waals surface area contributed by atoms with E-state index in [-0.39, 0.29) is 0 Å². The van der Waals surface area contributed by atoms with E-state index in [1.54, 1.807) is 0 Å². The van der Waals surface area contributed by atoms with Crippen LogP contribution in [0.2, 0.25) is 0 Å². The van der Waals surface area contributed by atoms with Crippen molar-refractivity contribution >= 4 is 11.8 Å². The van der Waals surface area contributed by atoms with Crippen molar-refractivity contribution in [2.24, 2.45) is 0 Å². The summed E-state index contributed by atoms with van der Waals surface area (Å²) < 4.78 is 0. The zero-order valence-corrected chi connectivity index (χ0v) is 15.3. The number of nitrogens with zero attached hydrogens (tertiary/aromatic N) is 3. The number of thioether (sulfide) groups is 1. The molecule has 0 rings (SSSR count). The lowest BCUT2D eigenvalue weighted by atomic mass is 10.2. The molecule has 0 heterocycles. The largest absolute Gasteiger partial charge is 0.312 e. The molecule has 4 nitrogen and oxygen atoms in total. The Labute approximate surface area is 131 Å². The van der Waals surface area contributed by atoms with E-state index >= 15 is 0 Å². The molecule has 0 aliphatic heterocycles. The van der Waals surface area contributed by atoms with Gasteiger partial charge in [-0.25, -0.2) is 0 Å². The Bertz CT molecular complexity index is 210. The van der Waals surface area contributed by atoms with Gasteiger partial charge < -0.3 is 20.0 Å². The quantitative estimate of drug-likeness (QED) is 0.514. The molecular formula is C15H36N4S. The van der Waals surface area contributed by atoms with E-state index in [1.807, 2.05) is 0 Å². The number of hydrogen-bond donors (Lipinski definition) is 1. The first-order chi connectivity index (χ1) is 9.41. The van der Waals surface area contributed by atoms with Crippen molar-refractivity contribution in [3.63, 3.8) is 0 Å². The molecule has 0 aliphatic carbocycles. The summed E-state index contributed by atoms with van der Waals surface area (Å²) in [6.45, 7) is 4.60. The number of rotatable bonds is 13. The molecule has 0 bridgehead atoms. The second-order valence-electron chi connectivity index (χ2n) is 6.27. The summed E-state index contributed by atoms with van der Waals surface area (Å²) in [5.41, 5.74) is 0. The molecule has 1 unspecified atom stereocenters. The average molecular weight is 305 g/mol. The van der Waals surface area contributed by atoms with Crippen LogP contribution < -0.4 is 5.32 Å². The summed E-state index contributed by atoms with van der Waals surface area (Å²) in [7, 11) is 12.9. The smallest absolute Gasteiger partial charge is 0.0207 e. The molecule has 0 amide bonds. The highest BCUT2D eigenvalue weighted by Gasteiger charge is 2.09. The van der Waals surface area contributed by atoms with Crippen molar-refractivity contribution in [2.75, 3.05) is 80.0 Å². The molecule has 0 aromatic rings. The Morgan fingerprint density at radius 3 is 2.05 bits per heavy atom. The molecule has 0 aliphatic rings. The van der Waals surface area contributed by atoms with E-state index in [4.69, 9.17) is 0 Å². The standard InChI is InChI=1S/C15H36N4S/c1-17(2)10-7-12-20-13-9-16-15(14-19(5)6)8-11-18(3)4/h15-16H,7-14H2,1-6H3. The van der Waals surface area contributed by atoms with Gasteiger partial charge in [0.1, 0.15) is 0 Å². The van der Waals surface area contributed by atoms with Crippen LogP contribution in [0.5, 0.6) is 0 Å². The summed E-state index contributed by atoms with van der Waals surface area (Å²) in [4.78, 5) is 6.80. The molecule has 0 fully saturated rings. The van der Waals surface area contributed by atoms with Crippen LogP contribution in [0.1, 0.15) is 12.8 Å². The van der Waals surface area contributed by atoms with Gasteiger partial charge in [0.2, 0.25) is 0 Å². The van der Waals surface area contributed by atoms with Crippen molar-refractivity contribution in [1.82, 2.24) is 20.0 Å². The van der Waals surface area contributed by atoms with Gasteiger partial charge in [0, 0.05) is 24.9 Å². The van der Waals surface area contributed by atoms with Crippen LogP contribution in [-0.4, -0.2) is 101 Å². The van der Waals surface area contributed by atoms with Gasteiger partial charge in [0.05, 0.1) is 0 Å². The van der Waals surface area contributed by atoms with E-state index < -0.39 is 0 Å². The fourth-order valence-electron chi connectivity index (χ4n) is 2.03. The highest BCUT2D eigenvalue weighted by Crippen LogP contribution is 2.02. The minimum atomic E-state index is 0.606. The van der Waals surface area contributed by atoms with Gasteiger partial charge in [0.25, 0.3) is 0 Å². The fourth-order valence-corrected chi connectivity index (χ4v) is 2.83. The van der Waals surface area contributed by atoms with Crippen molar-refractivity contribution in [3.05, 3.63) is 0 Å². The topological polar surface area (TPSA) is 21.8 Å². The second kappa shape index (κ2) is 12.9. The monoisotopic (exact) mass is 304 g/mol. The molecule has 0 saturated carbocycles. The van der Waals surface area contributed by atoms with Crippen LogP contribution >= 0.6 is 11.8 Å². The van der Waals surface area contributed by atoms with Gasteiger partial charge in [-0.15, -0.1) is 0 Å². The van der Waals surface area contributed by atoms with Crippen LogP contribution in [0.4, 0.5) is 0 Å². The van der Waals surface area contributed by atoms with Crippen molar-refractivity contribution in [1.29, 1.82) is 0 Å². The third-order valence-corrected chi connectivity index (χ3v) is 4.15. The van der Waals surface area contributed by atoms with Gasteiger partial charge in [-0.2, -0.15) is 11.8 Å². The molecule has 0 aromatic heterocycles. The Kier molecular flexibility index (Phi) is 13.0. The van der Waals surface area contributed by atoms with E-state index in [1.165, 1.54) is 30.9 Å². The summed E-state index contributed by atoms with van der Waals surface area (Å²) in [5, 5.41) is 3.71. The summed E-state index contributed by atoms with van der Waals surface area (Å²) in [5.74, 6) is 2.50. The highest BCUT2D eigenvalue weighted by atomic mass is 32.2. The number of likely N-dealkylation sites (N-methyl/N-ethyl adjacent to an activating group) is 1. The zero-order valence-electron chi connectivity index (χ0n) is 14.5. The summed E-state index contributed by atoms with van der Waals surface area (Å²) >= 11 is 2.07. The molecule has 5 heteroatoms. The first kappa shape index (κ1) is 20.2. The molecule has 0 radical (unpaired) electrons. The Morgan fingerprint density at radius 1 is 0.850 bits per heavy atom. The van der Waals surface area contributed by atoms with E-state index in [0.29, 0.717) is 6.04 Å². The van der Waals surface area contributed by atoms with Crippen LogP contribution in [0.25, 0.3) is 0 Å². The molecule has 0 aromatic carbocycles. The van der Waals surface area contributed by atoms with Gasteiger partial charge >= 0.3 is 0 Å². The highest BCUT2D eigenvalue weighted by molar-refractivity contribution is 7.99. The maximum atomic E-state index is 3.71. The molecule has 0 saturated heterocycles. The first-order valence-electron chi connectivity index (χ1n) is 7.67. The van der Waals surface area contributed by atoms with Crippen LogP contribution in [0.15, 0.2) is 0 Å². The first-order valence-corrected chi connectivity index (χ1v) is 8.82. The average Bonchev–Trinajstić information content (AvgIpc) is 2.33. The maximum absolute atomic E-state index is 3.71. The summed E-state index contributed by atoms with van der Waals surface area (Å²) in [6, 6.07) is 0.606. The summed E-state index contributed by atoms with van der Waals surface area (Å²) in [6.07, 6.45) is 2.51. The minimum Gasteiger partial charge on any atom is -0.312 e. The number of hydrogen-bond acceptors (Lipinski definition) is 5. The van der Waals surface area contributed by atoms with Gasteiger partial charge in [0.15, 0.2) is 0 Å². The van der Waals surface area contributed by atoms with Gasteiger partial charge in [-0.05, 0) is 74.0 Å². The predicted octanol–water partition coefficient (Wildman–Crippen LogP) is 1.14. The lowest BCUT2D eigenvalue weighted by molar-refractivity contribution is 0.299. The molecule has 0 spiro atoms. The molecule has 20 heavy (non-hydrogen) atoms. The Morgan fingerprint density at radius 2 is 1.50 bits per heavy atom. The van der Waals surface area contributed by atoms with Crippen LogP contribution in [-0.2, 0) is 0 Å². The van der Waals surface area contributed by atoms with Gasteiger partial charge in [-0.3, -0.25) is 0 Å². The third-order valence-electron chi connectivity index (χ3n) is 3.08. The second-order valence-corrected chi connectivity index (χ2v) is 7.50. The zero-order chi connectivity index (χ0) is 15.4. The Balaban J connectivity index is 3.62. The van der Waals surface area contributed by atoms with Gasteiger partial charge in [-0.1, -0.05) is 0 Å². The van der Waals surface area contributed by atoms with Crippen molar-refractivity contribution < 1.29 is 0 Å². The molecular weight excluding hydrogens is 268 g/mol. The molecule has 1 N–H and O–H groups in total. The van der Waals surface area contributed by atoms with Crippen molar-refractivity contribution in [3.8, 4) is 0 Å². The minimum absolute atomic E-state index is 0.606. The SMILES string of the molecule is CN(C)CCCSCCNC(CCN(C)C)CN(C)C. The predicted molar refractivity (Wildman–Crippen MR) is 94.0 cm³/mol. The lowest BCUT2D eigenvalue weighted by Crippen LogP contribution is -2.41. The molecule has 1 atom stereocenters. The Hall–Kier alpha value is 0.190. The third kappa shape index (κ3) is 14.6. The lowest BCUT2D eigenvalue weighted by Gasteiger charge is -2.24. The van der Waals surface area contributed by atoms with Crippen LogP contribution in [0, 0.1) is 0 Å². The molecule has 122 valence electrons. The fraction of sp³-hybridized carbons (Fsp3) is 1.00. The van der Waals surface area contributed by atoms with Crippen LogP contribution in [0.3, 0.4) is 0 Å². The van der Waals surface area contributed by atoms with Crippen molar-refractivity contribution in [2.45, 2.75) is 18.9 Å². The maximum Gasteiger partial charge on any atom is 0.0207 e. The van der Waals surface area contributed by atoms with E-state index in [2.05, 4.69) is 74.1 Å².